The molecule has 0 bridgehead atoms. The molecule has 2 amide bonds. The average Bonchev–Trinajstić information content (AvgIpc) is 3.09. The van der Waals surface area contributed by atoms with E-state index in [1.807, 2.05) is 42.7 Å². The molecule has 1 aliphatic rings. The summed E-state index contributed by atoms with van der Waals surface area (Å²) in [4.78, 5) is 32.1. The van der Waals surface area contributed by atoms with Crippen molar-refractivity contribution in [3.63, 3.8) is 0 Å². The van der Waals surface area contributed by atoms with Gasteiger partial charge in [-0.1, -0.05) is 26.0 Å². The van der Waals surface area contributed by atoms with Crippen LogP contribution in [0.2, 0.25) is 0 Å². The highest BCUT2D eigenvalue weighted by Crippen LogP contribution is 2.23. The van der Waals surface area contributed by atoms with Gasteiger partial charge in [0.1, 0.15) is 5.69 Å². The molecular formula is C22H30N4O2. The van der Waals surface area contributed by atoms with Crippen molar-refractivity contribution in [3.8, 4) is 0 Å². The van der Waals surface area contributed by atoms with E-state index in [2.05, 4.69) is 24.1 Å². The van der Waals surface area contributed by atoms with Crippen LogP contribution in [-0.4, -0.2) is 39.4 Å². The quantitative estimate of drug-likeness (QED) is 0.819. The van der Waals surface area contributed by atoms with Gasteiger partial charge in [-0.25, -0.2) is 4.98 Å². The lowest BCUT2D eigenvalue weighted by molar-refractivity contribution is 0.0766. The van der Waals surface area contributed by atoms with Gasteiger partial charge in [-0.15, -0.1) is 0 Å². The number of imidazole rings is 1. The maximum atomic E-state index is 12.9. The predicted octanol–water partition coefficient (Wildman–Crippen LogP) is 4.08. The van der Waals surface area contributed by atoms with E-state index in [0.29, 0.717) is 30.5 Å². The van der Waals surface area contributed by atoms with Gasteiger partial charge in [0, 0.05) is 25.3 Å². The molecule has 0 unspecified atom stereocenters. The predicted molar refractivity (Wildman–Crippen MR) is 111 cm³/mol. The first-order valence-electron chi connectivity index (χ1n) is 10.3. The molecule has 6 nitrogen and oxygen atoms in total. The Morgan fingerprint density at radius 1 is 1.14 bits per heavy atom. The molecule has 2 aromatic rings. The van der Waals surface area contributed by atoms with E-state index in [1.165, 1.54) is 5.56 Å². The summed E-state index contributed by atoms with van der Waals surface area (Å²) in [6, 6.07) is 7.87. The van der Waals surface area contributed by atoms with Crippen LogP contribution < -0.4 is 5.32 Å². The van der Waals surface area contributed by atoms with Crippen LogP contribution in [0.15, 0.2) is 24.3 Å². The van der Waals surface area contributed by atoms with Gasteiger partial charge >= 0.3 is 0 Å². The zero-order valence-corrected chi connectivity index (χ0v) is 17.3. The summed E-state index contributed by atoms with van der Waals surface area (Å²) < 4.78 is 1.93. The molecule has 0 fully saturated rings. The van der Waals surface area contributed by atoms with E-state index >= 15 is 0 Å². The van der Waals surface area contributed by atoms with Crippen molar-refractivity contribution in [2.75, 3.05) is 18.4 Å². The van der Waals surface area contributed by atoms with E-state index < -0.39 is 0 Å². The molecule has 0 atom stereocenters. The molecule has 1 aliphatic heterocycles. The molecule has 0 aliphatic carbocycles. The Morgan fingerprint density at radius 2 is 1.82 bits per heavy atom. The Labute approximate surface area is 166 Å². The Hall–Kier alpha value is -2.63. The standard InChI is InChI=1S/C22H30N4O2/c1-5-25(6-2)22(28)19-18-9-7-8-14-26(18)20(24-19)21(27)23-17-12-10-16(11-13-17)15(3)4/h10-13,15H,5-9,14H2,1-4H3,(H,23,27). The molecule has 0 radical (unpaired) electrons. The van der Waals surface area contributed by atoms with Gasteiger partial charge in [-0.3, -0.25) is 9.59 Å². The van der Waals surface area contributed by atoms with Crippen LogP contribution in [-0.2, 0) is 13.0 Å². The van der Waals surface area contributed by atoms with Crippen molar-refractivity contribution in [2.45, 2.75) is 59.4 Å². The maximum Gasteiger partial charge on any atom is 0.291 e. The summed E-state index contributed by atoms with van der Waals surface area (Å²) >= 11 is 0. The van der Waals surface area contributed by atoms with E-state index in [-0.39, 0.29) is 11.8 Å². The number of nitrogens with one attached hydrogen (secondary N) is 1. The highest BCUT2D eigenvalue weighted by Gasteiger charge is 2.29. The molecule has 0 spiro atoms. The average molecular weight is 383 g/mol. The minimum Gasteiger partial charge on any atom is -0.338 e. The number of benzene rings is 1. The number of aromatic nitrogens is 2. The maximum absolute atomic E-state index is 12.9. The van der Waals surface area contributed by atoms with Crippen molar-refractivity contribution < 1.29 is 9.59 Å². The number of hydrogen-bond acceptors (Lipinski definition) is 3. The fraction of sp³-hybridized carbons (Fsp3) is 0.500. The molecule has 2 heterocycles. The highest BCUT2D eigenvalue weighted by atomic mass is 16.2. The summed E-state index contributed by atoms with van der Waals surface area (Å²) in [5.41, 5.74) is 3.29. The number of hydrogen-bond donors (Lipinski definition) is 1. The minimum absolute atomic E-state index is 0.0870. The van der Waals surface area contributed by atoms with Gasteiger partial charge in [0.25, 0.3) is 11.8 Å². The van der Waals surface area contributed by atoms with Crippen molar-refractivity contribution in [1.29, 1.82) is 0 Å². The molecule has 150 valence electrons. The van der Waals surface area contributed by atoms with Crippen LogP contribution in [0.4, 0.5) is 5.69 Å². The molecular weight excluding hydrogens is 352 g/mol. The van der Waals surface area contributed by atoms with Crippen molar-refractivity contribution in [3.05, 3.63) is 47.0 Å². The Balaban J connectivity index is 1.88. The van der Waals surface area contributed by atoms with E-state index in [0.717, 1.165) is 37.2 Å². The molecule has 0 saturated heterocycles. The fourth-order valence-electron chi connectivity index (χ4n) is 3.69. The third-order valence-electron chi connectivity index (χ3n) is 5.41. The van der Waals surface area contributed by atoms with Crippen LogP contribution in [0.25, 0.3) is 0 Å². The van der Waals surface area contributed by atoms with Gasteiger partial charge in [0.05, 0.1) is 5.69 Å². The van der Waals surface area contributed by atoms with E-state index in [1.54, 1.807) is 4.90 Å². The smallest absolute Gasteiger partial charge is 0.291 e. The Morgan fingerprint density at radius 3 is 2.43 bits per heavy atom. The minimum atomic E-state index is -0.265. The van der Waals surface area contributed by atoms with Crippen molar-refractivity contribution >= 4 is 17.5 Å². The summed E-state index contributed by atoms with van der Waals surface area (Å²) in [5.74, 6) is 0.422. The normalized spacial score (nSPS) is 13.3. The number of carbonyl (C=O) groups excluding carboxylic acids is 2. The second-order valence-corrected chi connectivity index (χ2v) is 7.55. The Bertz CT molecular complexity index is 848. The highest BCUT2D eigenvalue weighted by molar-refractivity contribution is 6.03. The van der Waals surface area contributed by atoms with Crippen LogP contribution in [0, 0.1) is 0 Å². The van der Waals surface area contributed by atoms with Gasteiger partial charge in [-0.2, -0.15) is 0 Å². The first kappa shape index (κ1) is 20.1. The lowest BCUT2D eigenvalue weighted by Crippen LogP contribution is -2.31. The fourth-order valence-corrected chi connectivity index (χ4v) is 3.69. The monoisotopic (exact) mass is 382 g/mol. The second-order valence-electron chi connectivity index (χ2n) is 7.55. The van der Waals surface area contributed by atoms with Crippen LogP contribution in [0.3, 0.4) is 0 Å². The summed E-state index contributed by atoms with van der Waals surface area (Å²) in [6.07, 6.45) is 2.79. The third kappa shape index (κ3) is 3.96. The lowest BCUT2D eigenvalue weighted by Gasteiger charge is -2.20. The molecule has 1 aromatic carbocycles. The first-order chi connectivity index (χ1) is 13.5. The zero-order valence-electron chi connectivity index (χ0n) is 17.3. The van der Waals surface area contributed by atoms with Gasteiger partial charge in [0.15, 0.2) is 5.82 Å². The van der Waals surface area contributed by atoms with Crippen LogP contribution in [0.5, 0.6) is 0 Å². The van der Waals surface area contributed by atoms with Gasteiger partial charge in [-0.05, 0) is 56.7 Å². The molecule has 1 N–H and O–H groups in total. The largest absolute Gasteiger partial charge is 0.338 e. The van der Waals surface area contributed by atoms with Gasteiger partial charge < -0.3 is 14.8 Å². The number of rotatable bonds is 6. The number of amides is 2. The number of carbonyl (C=O) groups is 2. The third-order valence-corrected chi connectivity index (χ3v) is 5.41. The second kappa shape index (κ2) is 8.59. The SMILES string of the molecule is CCN(CC)C(=O)c1nc(C(=O)Nc2ccc(C(C)C)cc2)n2c1CCCC2. The van der Waals surface area contributed by atoms with Crippen LogP contribution >= 0.6 is 0 Å². The van der Waals surface area contributed by atoms with Crippen LogP contribution in [0.1, 0.15) is 78.8 Å². The molecule has 28 heavy (non-hydrogen) atoms. The molecule has 0 saturated carbocycles. The van der Waals surface area contributed by atoms with E-state index in [9.17, 15) is 9.59 Å². The Kier molecular flexibility index (Phi) is 6.17. The van der Waals surface area contributed by atoms with E-state index in [4.69, 9.17) is 0 Å². The molecule has 1 aromatic heterocycles. The summed E-state index contributed by atoms with van der Waals surface area (Å²) in [5, 5.41) is 2.94. The number of fused-ring (bicyclic) bond motifs is 1. The first-order valence-corrected chi connectivity index (χ1v) is 10.3. The summed E-state index contributed by atoms with van der Waals surface area (Å²) in [7, 11) is 0. The van der Waals surface area contributed by atoms with Crippen molar-refractivity contribution in [2.24, 2.45) is 0 Å². The lowest BCUT2D eigenvalue weighted by atomic mass is 10.0. The molecule has 6 heteroatoms. The topological polar surface area (TPSA) is 67.2 Å². The van der Waals surface area contributed by atoms with Crippen molar-refractivity contribution in [1.82, 2.24) is 14.5 Å². The number of anilines is 1. The zero-order chi connectivity index (χ0) is 20.3. The van der Waals surface area contributed by atoms with Gasteiger partial charge in [0.2, 0.25) is 0 Å². The summed E-state index contributed by atoms with van der Waals surface area (Å²) in [6.45, 7) is 10.2. The molecule has 3 rings (SSSR count). The number of nitrogens with zero attached hydrogens (tertiary/aromatic N) is 3.